The van der Waals surface area contributed by atoms with Crippen LogP contribution in [-0.4, -0.2) is 11.9 Å². The van der Waals surface area contributed by atoms with Crippen LogP contribution >= 0.6 is 11.3 Å². The number of rotatable bonds is 5. The van der Waals surface area contributed by atoms with Gasteiger partial charge in [-0.15, -0.1) is 11.3 Å². The lowest BCUT2D eigenvalue weighted by molar-refractivity contribution is 0.0472. The van der Waals surface area contributed by atoms with Gasteiger partial charge in [0.2, 0.25) is 0 Å². The molecule has 0 atom stereocenters. The number of anilines is 1. The minimum Gasteiger partial charge on any atom is -0.457 e. The molecule has 0 aliphatic heterocycles. The number of nitrogens with one attached hydrogen (secondary N) is 1. The van der Waals surface area contributed by atoms with Gasteiger partial charge in [0.1, 0.15) is 6.61 Å². The quantitative estimate of drug-likeness (QED) is 0.689. The molecular weight excluding hydrogens is 348 g/mol. The Hall–Kier alpha value is -3.43. The molecule has 0 aliphatic carbocycles. The number of nitriles is 1. The highest BCUT2D eigenvalue weighted by molar-refractivity contribution is 7.12. The molecule has 3 rings (SSSR count). The number of carbonyl (C=O) groups is 2. The summed E-state index contributed by atoms with van der Waals surface area (Å²) in [5.41, 5.74) is 1.95. The molecule has 0 saturated heterocycles. The summed E-state index contributed by atoms with van der Waals surface area (Å²) in [5, 5.41) is 13.6. The molecule has 1 aromatic heterocycles. The Kier molecular flexibility index (Phi) is 5.42. The lowest BCUT2D eigenvalue weighted by Gasteiger charge is -2.08. The van der Waals surface area contributed by atoms with Crippen molar-refractivity contribution in [1.82, 2.24) is 0 Å². The van der Waals surface area contributed by atoms with E-state index in [2.05, 4.69) is 11.4 Å². The Morgan fingerprint density at radius 3 is 2.69 bits per heavy atom. The van der Waals surface area contributed by atoms with Crippen molar-refractivity contribution < 1.29 is 14.3 Å². The van der Waals surface area contributed by atoms with Gasteiger partial charge >= 0.3 is 5.97 Å². The highest BCUT2D eigenvalue weighted by atomic mass is 32.1. The van der Waals surface area contributed by atoms with E-state index in [9.17, 15) is 9.59 Å². The Labute approximate surface area is 154 Å². The number of benzene rings is 2. The van der Waals surface area contributed by atoms with E-state index in [4.69, 9.17) is 10.00 Å². The van der Waals surface area contributed by atoms with Crippen LogP contribution in [0, 0.1) is 11.3 Å². The Morgan fingerprint density at radius 2 is 1.92 bits per heavy atom. The maximum absolute atomic E-state index is 12.3. The van der Waals surface area contributed by atoms with Crippen LogP contribution in [0.5, 0.6) is 0 Å². The van der Waals surface area contributed by atoms with Crippen molar-refractivity contribution in [3.63, 3.8) is 0 Å². The molecule has 1 N–H and O–H groups in total. The second kappa shape index (κ2) is 8.10. The number of esters is 1. The molecule has 128 valence electrons. The average molecular weight is 362 g/mol. The number of amides is 1. The molecule has 0 radical (unpaired) electrons. The molecule has 3 aromatic rings. The van der Waals surface area contributed by atoms with Gasteiger partial charge in [0.15, 0.2) is 0 Å². The van der Waals surface area contributed by atoms with Crippen molar-refractivity contribution in [3.8, 4) is 6.07 Å². The molecule has 26 heavy (non-hydrogen) atoms. The topological polar surface area (TPSA) is 79.2 Å². The van der Waals surface area contributed by atoms with E-state index in [-0.39, 0.29) is 12.5 Å². The molecule has 0 bridgehead atoms. The molecule has 1 amide bonds. The van der Waals surface area contributed by atoms with Crippen LogP contribution in [-0.2, 0) is 11.3 Å². The zero-order valence-corrected chi connectivity index (χ0v) is 14.5. The first kappa shape index (κ1) is 17.4. The second-order valence-corrected chi connectivity index (χ2v) is 6.31. The summed E-state index contributed by atoms with van der Waals surface area (Å²) >= 11 is 1.34. The standard InChI is InChI=1S/C20H14N2O3S/c21-12-15-5-1-2-6-16(15)13-25-20(24)14-7-3-8-17(11-14)22-19(23)18-9-4-10-26-18/h1-11H,13H2,(H,22,23). The van der Waals surface area contributed by atoms with Gasteiger partial charge in [-0.25, -0.2) is 4.79 Å². The zero-order chi connectivity index (χ0) is 18.4. The van der Waals surface area contributed by atoms with Gasteiger partial charge in [-0.2, -0.15) is 5.26 Å². The maximum atomic E-state index is 12.3. The summed E-state index contributed by atoms with van der Waals surface area (Å²) < 4.78 is 5.29. The summed E-state index contributed by atoms with van der Waals surface area (Å²) in [4.78, 5) is 24.9. The van der Waals surface area contributed by atoms with Gasteiger partial charge in [-0.3, -0.25) is 4.79 Å². The van der Waals surface area contributed by atoms with E-state index in [1.807, 2.05) is 5.38 Å². The molecule has 6 heteroatoms. The Morgan fingerprint density at radius 1 is 1.08 bits per heavy atom. The third kappa shape index (κ3) is 4.15. The van der Waals surface area contributed by atoms with Crippen molar-refractivity contribution in [2.75, 3.05) is 5.32 Å². The summed E-state index contributed by atoms with van der Waals surface area (Å²) in [6.45, 7) is 0.00828. The number of hydrogen-bond acceptors (Lipinski definition) is 5. The molecule has 0 spiro atoms. The lowest BCUT2D eigenvalue weighted by Crippen LogP contribution is -2.11. The lowest BCUT2D eigenvalue weighted by atomic mass is 10.1. The van der Waals surface area contributed by atoms with Gasteiger partial charge in [-0.1, -0.05) is 30.3 Å². The summed E-state index contributed by atoms with van der Waals surface area (Å²) in [6.07, 6.45) is 0. The predicted molar refractivity (Wildman–Crippen MR) is 99.0 cm³/mol. The van der Waals surface area contributed by atoms with Gasteiger partial charge in [0.05, 0.1) is 22.1 Å². The van der Waals surface area contributed by atoms with Crippen LogP contribution in [0.3, 0.4) is 0 Å². The van der Waals surface area contributed by atoms with Crippen molar-refractivity contribution >= 4 is 28.9 Å². The third-order valence-corrected chi connectivity index (χ3v) is 4.47. The van der Waals surface area contributed by atoms with E-state index in [1.165, 1.54) is 11.3 Å². The third-order valence-electron chi connectivity index (χ3n) is 3.60. The molecular formula is C20H14N2O3S. The molecule has 0 saturated carbocycles. The summed E-state index contributed by atoms with van der Waals surface area (Å²) in [7, 11) is 0. The number of hydrogen-bond donors (Lipinski definition) is 1. The minimum atomic E-state index is -0.523. The molecule has 2 aromatic carbocycles. The monoisotopic (exact) mass is 362 g/mol. The summed E-state index contributed by atoms with van der Waals surface area (Å²) in [6, 6.07) is 19.1. The molecule has 1 heterocycles. The molecule has 0 unspecified atom stereocenters. The van der Waals surface area contributed by atoms with Gasteiger partial charge in [0, 0.05) is 11.3 Å². The zero-order valence-electron chi connectivity index (χ0n) is 13.6. The fraction of sp³-hybridized carbons (Fsp3) is 0.0500. The van der Waals surface area contributed by atoms with Crippen LogP contribution in [0.15, 0.2) is 66.0 Å². The summed E-state index contributed by atoms with van der Waals surface area (Å²) in [5.74, 6) is -0.751. The number of thiophene rings is 1. The minimum absolute atomic E-state index is 0.00828. The SMILES string of the molecule is N#Cc1ccccc1COC(=O)c1cccc(NC(=O)c2cccs2)c1. The van der Waals surface area contributed by atoms with Gasteiger partial charge in [0.25, 0.3) is 5.91 Å². The van der Waals surface area contributed by atoms with E-state index < -0.39 is 5.97 Å². The second-order valence-electron chi connectivity index (χ2n) is 5.36. The van der Waals surface area contributed by atoms with Gasteiger partial charge < -0.3 is 10.1 Å². The largest absolute Gasteiger partial charge is 0.457 e. The van der Waals surface area contributed by atoms with Crippen molar-refractivity contribution in [2.24, 2.45) is 0 Å². The van der Waals surface area contributed by atoms with E-state index in [1.54, 1.807) is 60.7 Å². The van der Waals surface area contributed by atoms with Crippen LogP contribution in [0.2, 0.25) is 0 Å². The molecule has 0 fully saturated rings. The van der Waals surface area contributed by atoms with Gasteiger partial charge in [-0.05, 0) is 35.7 Å². The van der Waals surface area contributed by atoms with Crippen molar-refractivity contribution in [3.05, 3.63) is 87.6 Å². The molecule has 0 aliphatic rings. The maximum Gasteiger partial charge on any atom is 0.338 e. The number of nitrogens with zero attached hydrogens (tertiary/aromatic N) is 1. The van der Waals surface area contributed by atoms with Crippen LogP contribution in [0.1, 0.15) is 31.2 Å². The predicted octanol–water partition coefficient (Wildman–Crippen LogP) is 4.23. The first-order valence-corrected chi connectivity index (χ1v) is 8.65. The fourth-order valence-corrected chi connectivity index (χ4v) is 2.93. The van der Waals surface area contributed by atoms with Crippen molar-refractivity contribution in [2.45, 2.75) is 6.61 Å². The van der Waals surface area contributed by atoms with E-state index in [0.29, 0.717) is 27.3 Å². The highest BCUT2D eigenvalue weighted by Gasteiger charge is 2.12. The van der Waals surface area contributed by atoms with Crippen LogP contribution in [0.25, 0.3) is 0 Å². The Balaban J connectivity index is 1.66. The van der Waals surface area contributed by atoms with E-state index >= 15 is 0 Å². The van der Waals surface area contributed by atoms with Crippen molar-refractivity contribution in [1.29, 1.82) is 5.26 Å². The highest BCUT2D eigenvalue weighted by Crippen LogP contribution is 2.16. The smallest absolute Gasteiger partial charge is 0.338 e. The average Bonchev–Trinajstić information content (AvgIpc) is 3.21. The van der Waals surface area contributed by atoms with Crippen LogP contribution < -0.4 is 5.32 Å². The normalized spacial score (nSPS) is 9.96. The number of ether oxygens (including phenoxy) is 1. The first-order chi connectivity index (χ1) is 12.7. The number of carbonyl (C=O) groups excluding carboxylic acids is 2. The Bertz CT molecular complexity index is 975. The molecule has 5 nitrogen and oxygen atoms in total. The van der Waals surface area contributed by atoms with Crippen LogP contribution in [0.4, 0.5) is 5.69 Å². The first-order valence-electron chi connectivity index (χ1n) is 7.77. The fourth-order valence-electron chi connectivity index (χ4n) is 2.31. The van der Waals surface area contributed by atoms with E-state index in [0.717, 1.165) is 0 Å².